The SMILES string of the molecule is Cl.Cl.Nc1ccc(N)c(-c2cc([N+](=O)[O-])ccc2Cl)c1. The normalized spacial score (nSPS) is 9.25. The van der Waals surface area contributed by atoms with Gasteiger partial charge in [0.25, 0.3) is 5.69 Å². The lowest BCUT2D eigenvalue weighted by Crippen LogP contribution is -1.95. The number of nitrogen functional groups attached to an aromatic ring is 2. The van der Waals surface area contributed by atoms with Crippen LogP contribution in [0.1, 0.15) is 0 Å². The fourth-order valence-electron chi connectivity index (χ4n) is 1.64. The van der Waals surface area contributed by atoms with Gasteiger partial charge in [0.2, 0.25) is 0 Å². The third kappa shape index (κ3) is 3.66. The molecule has 0 heterocycles. The number of benzene rings is 2. The number of hydrogen-bond donors (Lipinski definition) is 2. The number of anilines is 2. The zero-order chi connectivity index (χ0) is 13.3. The van der Waals surface area contributed by atoms with Gasteiger partial charge in [0.1, 0.15) is 0 Å². The average molecular weight is 337 g/mol. The zero-order valence-corrected chi connectivity index (χ0v) is 12.5. The molecular formula is C12H12Cl3N3O2. The minimum Gasteiger partial charge on any atom is -0.399 e. The van der Waals surface area contributed by atoms with Crippen molar-refractivity contribution in [1.29, 1.82) is 0 Å². The highest BCUT2D eigenvalue weighted by Gasteiger charge is 2.13. The Hall–Kier alpha value is -1.69. The molecule has 108 valence electrons. The first-order valence-corrected chi connectivity index (χ1v) is 5.46. The van der Waals surface area contributed by atoms with Crippen LogP contribution in [0.4, 0.5) is 17.1 Å². The maximum absolute atomic E-state index is 10.8. The Bertz CT molecular complexity index is 635. The van der Waals surface area contributed by atoms with Crippen LogP contribution in [0, 0.1) is 10.1 Å². The van der Waals surface area contributed by atoms with E-state index in [0.717, 1.165) is 0 Å². The number of halogens is 3. The van der Waals surface area contributed by atoms with Gasteiger partial charge in [-0.1, -0.05) is 11.6 Å². The van der Waals surface area contributed by atoms with Crippen molar-refractivity contribution in [3.8, 4) is 11.1 Å². The summed E-state index contributed by atoms with van der Waals surface area (Å²) in [6.07, 6.45) is 0. The van der Waals surface area contributed by atoms with Crippen molar-refractivity contribution >= 4 is 53.5 Å². The van der Waals surface area contributed by atoms with Crippen molar-refractivity contribution in [3.05, 3.63) is 51.5 Å². The van der Waals surface area contributed by atoms with Crippen LogP contribution < -0.4 is 11.5 Å². The lowest BCUT2D eigenvalue weighted by Gasteiger charge is -2.08. The minimum atomic E-state index is -0.484. The van der Waals surface area contributed by atoms with Crippen LogP contribution in [-0.2, 0) is 0 Å². The van der Waals surface area contributed by atoms with Gasteiger partial charge < -0.3 is 11.5 Å². The molecule has 0 saturated carbocycles. The molecule has 4 N–H and O–H groups in total. The third-order valence-corrected chi connectivity index (χ3v) is 2.86. The van der Waals surface area contributed by atoms with Crippen molar-refractivity contribution in [2.45, 2.75) is 0 Å². The topological polar surface area (TPSA) is 95.2 Å². The summed E-state index contributed by atoms with van der Waals surface area (Å²) in [5.74, 6) is 0. The quantitative estimate of drug-likeness (QED) is 0.493. The second-order valence-electron chi connectivity index (χ2n) is 3.77. The van der Waals surface area contributed by atoms with Gasteiger partial charge in [-0.3, -0.25) is 10.1 Å². The molecule has 0 aromatic heterocycles. The first kappa shape index (κ1) is 18.3. The first-order chi connectivity index (χ1) is 8.49. The third-order valence-electron chi connectivity index (χ3n) is 2.53. The Morgan fingerprint density at radius 2 is 1.65 bits per heavy atom. The van der Waals surface area contributed by atoms with E-state index in [9.17, 15) is 10.1 Å². The second kappa shape index (κ2) is 7.19. The highest BCUT2D eigenvalue weighted by molar-refractivity contribution is 6.33. The van der Waals surface area contributed by atoms with E-state index in [1.807, 2.05) is 0 Å². The average Bonchev–Trinajstić information content (AvgIpc) is 2.33. The highest BCUT2D eigenvalue weighted by Crippen LogP contribution is 2.35. The number of non-ortho nitro benzene ring substituents is 1. The van der Waals surface area contributed by atoms with Crippen molar-refractivity contribution in [3.63, 3.8) is 0 Å². The lowest BCUT2D eigenvalue weighted by atomic mass is 10.0. The van der Waals surface area contributed by atoms with E-state index in [2.05, 4.69) is 0 Å². The van der Waals surface area contributed by atoms with E-state index in [-0.39, 0.29) is 30.5 Å². The van der Waals surface area contributed by atoms with Gasteiger partial charge in [-0.15, -0.1) is 24.8 Å². The van der Waals surface area contributed by atoms with E-state index in [1.54, 1.807) is 18.2 Å². The number of rotatable bonds is 2. The van der Waals surface area contributed by atoms with Crippen molar-refractivity contribution < 1.29 is 4.92 Å². The van der Waals surface area contributed by atoms with Gasteiger partial charge >= 0.3 is 0 Å². The van der Waals surface area contributed by atoms with Gasteiger partial charge in [-0.05, 0) is 24.3 Å². The van der Waals surface area contributed by atoms with Gasteiger partial charge in [-0.25, -0.2) is 0 Å². The summed E-state index contributed by atoms with van der Waals surface area (Å²) in [6.45, 7) is 0. The summed E-state index contributed by atoms with van der Waals surface area (Å²) in [5, 5.41) is 11.1. The van der Waals surface area contributed by atoms with Crippen LogP contribution in [0.2, 0.25) is 5.02 Å². The summed E-state index contributed by atoms with van der Waals surface area (Å²) in [5.41, 5.74) is 13.5. The first-order valence-electron chi connectivity index (χ1n) is 5.08. The van der Waals surface area contributed by atoms with Crippen LogP contribution in [0.3, 0.4) is 0 Å². The Morgan fingerprint density at radius 1 is 1.00 bits per heavy atom. The summed E-state index contributed by atoms with van der Waals surface area (Å²) in [6, 6.07) is 9.13. The maximum Gasteiger partial charge on any atom is 0.270 e. The molecule has 2 rings (SSSR count). The molecule has 2 aromatic rings. The molecule has 0 fully saturated rings. The Kier molecular flexibility index (Phi) is 6.58. The van der Waals surface area contributed by atoms with Crippen LogP contribution in [0.15, 0.2) is 36.4 Å². The molecule has 0 radical (unpaired) electrons. The molecular weight excluding hydrogens is 325 g/mol. The second-order valence-corrected chi connectivity index (χ2v) is 4.18. The molecule has 0 aliphatic carbocycles. The van der Waals surface area contributed by atoms with Crippen molar-refractivity contribution in [1.82, 2.24) is 0 Å². The number of nitrogens with two attached hydrogens (primary N) is 2. The van der Waals surface area contributed by atoms with Crippen LogP contribution in [0.25, 0.3) is 11.1 Å². The standard InChI is InChI=1S/C12H10ClN3O2.2ClH/c13-11-3-2-8(16(17)18)6-9(11)10-5-7(14)1-4-12(10)15;;/h1-6H,14-15H2;2*1H. The Balaban J connectivity index is 0.00000180. The molecule has 0 atom stereocenters. The summed E-state index contributed by atoms with van der Waals surface area (Å²) in [7, 11) is 0. The lowest BCUT2D eigenvalue weighted by molar-refractivity contribution is -0.384. The number of nitro benzene ring substituents is 1. The summed E-state index contributed by atoms with van der Waals surface area (Å²) in [4.78, 5) is 10.3. The molecule has 5 nitrogen and oxygen atoms in total. The molecule has 0 aliphatic rings. The van der Waals surface area contributed by atoms with Gasteiger partial charge in [-0.2, -0.15) is 0 Å². The summed E-state index contributed by atoms with van der Waals surface area (Å²) < 4.78 is 0. The summed E-state index contributed by atoms with van der Waals surface area (Å²) >= 11 is 6.04. The monoisotopic (exact) mass is 335 g/mol. The molecule has 0 spiro atoms. The fourth-order valence-corrected chi connectivity index (χ4v) is 1.86. The van der Waals surface area contributed by atoms with Crippen LogP contribution in [0.5, 0.6) is 0 Å². The van der Waals surface area contributed by atoms with E-state index in [4.69, 9.17) is 23.1 Å². The van der Waals surface area contributed by atoms with E-state index < -0.39 is 4.92 Å². The minimum absolute atomic E-state index is 0. The fraction of sp³-hybridized carbons (Fsp3) is 0. The molecule has 0 unspecified atom stereocenters. The molecule has 0 aliphatic heterocycles. The predicted octanol–water partition coefficient (Wildman–Crippen LogP) is 3.92. The van der Waals surface area contributed by atoms with Crippen molar-refractivity contribution in [2.24, 2.45) is 0 Å². The molecule has 0 amide bonds. The van der Waals surface area contributed by atoms with E-state index in [1.165, 1.54) is 18.2 Å². The highest BCUT2D eigenvalue weighted by atomic mass is 35.5. The predicted molar refractivity (Wildman–Crippen MR) is 86.9 cm³/mol. The zero-order valence-electron chi connectivity index (χ0n) is 10.1. The molecule has 0 saturated heterocycles. The van der Waals surface area contributed by atoms with Gasteiger partial charge in [0.15, 0.2) is 0 Å². The molecule has 2 aromatic carbocycles. The van der Waals surface area contributed by atoms with Gasteiger partial charge in [0, 0.05) is 39.7 Å². The Labute approximate surface area is 132 Å². The van der Waals surface area contributed by atoms with Gasteiger partial charge in [0.05, 0.1) is 4.92 Å². The van der Waals surface area contributed by atoms with Crippen LogP contribution in [-0.4, -0.2) is 4.92 Å². The van der Waals surface area contributed by atoms with Crippen molar-refractivity contribution in [2.75, 3.05) is 11.5 Å². The number of nitro groups is 1. The molecule has 0 bridgehead atoms. The smallest absolute Gasteiger partial charge is 0.270 e. The maximum atomic E-state index is 10.8. The largest absolute Gasteiger partial charge is 0.399 e. The number of nitrogens with zero attached hydrogens (tertiary/aromatic N) is 1. The molecule has 8 heteroatoms. The molecule has 20 heavy (non-hydrogen) atoms. The van der Waals surface area contributed by atoms with Crippen LogP contribution >= 0.6 is 36.4 Å². The number of hydrogen-bond acceptors (Lipinski definition) is 4. The van der Waals surface area contributed by atoms with E-state index >= 15 is 0 Å². The Morgan fingerprint density at radius 3 is 2.25 bits per heavy atom. The van der Waals surface area contributed by atoms with E-state index in [0.29, 0.717) is 27.5 Å².